The molecule has 0 radical (unpaired) electrons. The molecule has 2 aromatic rings. The first-order valence-corrected chi connectivity index (χ1v) is 8.94. The van der Waals surface area contributed by atoms with Gasteiger partial charge in [-0.05, 0) is 23.6 Å². The first kappa shape index (κ1) is 16.3. The second kappa shape index (κ2) is 5.82. The number of esters is 1. The fraction of sp³-hybridized carbons (Fsp3) is 0.333. The Bertz CT molecular complexity index is 937. The number of hydrogen-bond donors (Lipinski definition) is 0. The minimum atomic E-state index is -1.23. The summed E-state index contributed by atoms with van der Waals surface area (Å²) in [5.41, 5.74) is 0. The van der Waals surface area contributed by atoms with Gasteiger partial charge in [-0.3, -0.25) is 9.59 Å². The Morgan fingerprint density at radius 3 is 2.41 bits per heavy atom. The Morgan fingerprint density at radius 1 is 1.04 bits per heavy atom. The van der Waals surface area contributed by atoms with Gasteiger partial charge in [0.1, 0.15) is 23.7 Å². The number of benzene rings is 2. The first-order chi connectivity index (χ1) is 13.1. The summed E-state index contributed by atoms with van der Waals surface area (Å²) in [4.78, 5) is 24.1. The molecule has 5 rings (SSSR count). The van der Waals surface area contributed by atoms with Gasteiger partial charge in [0, 0.05) is 19.6 Å². The predicted octanol–water partition coefficient (Wildman–Crippen LogP) is 2.78. The van der Waals surface area contributed by atoms with E-state index in [1.807, 2.05) is 36.4 Å². The zero-order valence-electron chi connectivity index (χ0n) is 14.7. The summed E-state index contributed by atoms with van der Waals surface area (Å²) < 4.78 is 23.6. The molecule has 0 amide bonds. The maximum Gasteiger partial charge on any atom is 0.308 e. The maximum atomic E-state index is 12.2. The number of rotatable bonds is 2. The second-order valence-electron chi connectivity index (χ2n) is 7.08. The van der Waals surface area contributed by atoms with Crippen LogP contribution in [-0.2, 0) is 19.1 Å². The van der Waals surface area contributed by atoms with Crippen molar-refractivity contribution in [3.8, 4) is 11.5 Å². The average Bonchev–Trinajstić information content (AvgIpc) is 3.05. The zero-order chi connectivity index (χ0) is 18.6. The Morgan fingerprint density at radius 2 is 1.74 bits per heavy atom. The van der Waals surface area contributed by atoms with Crippen molar-refractivity contribution in [2.24, 2.45) is 5.92 Å². The van der Waals surface area contributed by atoms with Crippen molar-refractivity contribution in [1.29, 1.82) is 0 Å². The number of carbonyl (C=O) groups excluding carboxylic acids is 2. The van der Waals surface area contributed by atoms with Gasteiger partial charge in [-0.2, -0.15) is 0 Å². The van der Waals surface area contributed by atoms with Crippen molar-refractivity contribution in [1.82, 2.24) is 0 Å². The number of ether oxygens (including phenoxy) is 4. The highest BCUT2D eigenvalue weighted by atomic mass is 16.7. The second-order valence-corrected chi connectivity index (χ2v) is 7.08. The number of methoxy groups -OCH3 is 1. The Hall–Kier alpha value is -2.86. The summed E-state index contributed by atoms with van der Waals surface area (Å²) in [6.45, 7) is 0. The van der Waals surface area contributed by atoms with Crippen LogP contribution in [0.4, 0.5) is 0 Å². The average molecular weight is 366 g/mol. The highest BCUT2D eigenvalue weighted by Gasteiger charge is 2.56. The van der Waals surface area contributed by atoms with Gasteiger partial charge < -0.3 is 18.9 Å². The molecule has 0 aromatic heterocycles. The minimum Gasteiger partial charge on any atom is -0.459 e. The van der Waals surface area contributed by atoms with Crippen LogP contribution < -0.4 is 9.47 Å². The van der Waals surface area contributed by atoms with Crippen molar-refractivity contribution in [2.45, 2.75) is 30.8 Å². The van der Waals surface area contributed by atoms with Gasteiger partial charge in [0.15, 0.2) is 5.78 Å². The van der Waals surface area contributed by atoms with E-state index in [2.05, 4.69) is 0 Å². The molecule has 3 atom stereocenters. The normalized spacial score (nSPS) is 28.1. The van der Waals surface area contributed by atoms with Crippen LogP contribution in [0.5, 0.6) is 11.5 Å². The smallest absolute Gasteiger partial charge is 0.308 e. The lowest BCUT2D eigenvalue weighted by atomic mass is 9.80. The van der Waals surface area contributed by atoms with Crippen LogP contribution in [-0.4, -0.2) is 36.9 Å². The van der Waals surface area contributed by atoms with Gasteiger partial charge in [0.2, 0.25) is 0 Å². The van der Waals surface area contributed by atoms with Gasteiger partial charge in [-0.1, -0.05) is 24.3 Å². The quantitative estimate of drug-likeness (QED) is 0.761. The topological polar surface area (TPSA) is 71.1 Å². The molecule has 1 spiro atoms. The van der Waals surface area contributed by atoms with Crippen molar-refractivity contribution >= 4 is 22.5 Å². The van der Waals surface area contributed by atoms with E-state index in [1.54, 1.807) is 6.08 Å². The van der Waals surface area contributed by atoms with Gasteiger partial charge in [-0.25, -0.2) is 0 Å². The molecule has 2 aromatic carbocycles. The van der Waals surface area contributed by atoms with Crippen LogP contribution >= 0.6 is 0 Å². The lowest BCUT2D eigenvalue weighted by molar-refractivity contribution is -0.179. The van der Waals surface area contributed by atoms with Crippen molar-refractivity contribution in [3.05, 3.63) is 48.6 Å². The fourth-order valence-electron chi connectivity index (χ4n) is 4.25. The minimum absolute atomic E-state index is 0.0623. The third kappa shape index (κ3) is 2.44. The molecule has 6 heteroatoms. The van der Waals surface area contributed by atoms with E-state index in [0.717, 1.165) is 10.8 Å². The predicted molar refractivity (Wildman–Crippen MR) is 95.5 cm³/mol. The highest BCUT2D eigenvalue weighted by molar-refractivity contribution is 5.95. The Kier molecular flexibility index (Phi) is 3.52. The van der Waals surface area contributed by atoms with Crippen molar-refractivity contribution in [3.63, 3.8) is 0 Å². The van der Waals surface area contributed by atoms with E-state index in [9.17, 15) is 9.59 Å². The molecule has 1 saturated heterocycles. The molecule has 2 aliphatic heterocycles. The number of hydrogen-bond acceptors (Lipinski definition) is 6. The van der Waals surface area contributed by atoms with Gasteiger partial charge >= 0.3 is 5.97 Å². The van der Waals surface area contributed by atoms with Gasteiger partial charge in [-0.15, -0.1) is 0 Å². The lowest BCUT2D eigenvalue weighted by Gasteiger charge is -2.45. The van der Waals surface area contributed by atoms with Crippen LogP contribution in [0.3, 0.4) is 0 Å². The number of allylic oxidation sites excluding steroid dienone is 1. The van der Waals surface area contributed by atoms with Crippen molar-refractivity contribution in [2.75, 3.05) is 7.11 Å². The third-order valence-electron chi connectivity index (χ3n) is 5.51. The van der Waals surface area contributed by atoms with Gasteiger partial charge in [0.25, 0.3) is 5.79 Å². The van der Waals surface area contributed by atoms with E-state index in [4.69, 9.17) is 18.9 Å². The summed E-state index contributed by atoms with van der Waals surface area (Å²) in [6.07, 6.45) is 2.34. The molecule has 1 fully saturated rings. The fourth-order valence-corrected chi connectivity index (χ4v) is 4.25. The molecular weight excluding hydrogens is 348 g/mol. The van der Waals surface area contributed by atoms with E-state index >= 15 is 0 Å². The molecular formula is C21H18O6. The summed E-state index contributed by atoms with van der Waals surface area (Å²) in [5, 5.41) is 1.90. The molecule has 3 aliphatic rings. The lowest BCUT2D eigenvalue weighted by Crippen LogP contribution is -2.57. The Labute approximate surface area is 155 Å². The van der Waals surface area contributed by atoms with E-state index in [1.165, 1.54) is 13.2 Å². The van der Waals surface area contributed by atoms with E-state index in [0.29, 0.717) is 11.5 Å². The molecule has 0 saturated carbocycles. The standard InChI is InChI=1S/C21H18O6/c1-24-17-11-18(23)25-20(17)14-10-13(22)8-9-21(14)26-15-6-2-4-12-5-3-7-16(27-21)19(12)15/h2-9,14,17,20H,10-11H2,1H3/t14-,17-,20+/m0/s1. The summed E-state index contributed by atoms with van der Waals surface area (Å²) in [7, 11) is 1.53. The third-order valence-corrected chi connectivity index (χ3v) is 5.51. The molecule has 2 heterocycles. The molecule has 27 heavy (non-hydrogen) atoms. The van der Waals surface area contributed by atoms with E-state index in [-0.39, 0.29) is 24.6 Å². The zero-order valence-corrected chi connectivity index (χ0v) is 14.7. The molecule has 0 bridgehead atoms. The molecule has 138 valence electrons. The number of carbonyl (C=O) groups is 2. The van der Waals surface area contributed by atoms with Crippen LogP contribution in [0.1, 0.15) is 12.8 Å². The summed E-state index contributed by atoms with van der Waals surface area (Å²) in [5.74, 6) is -0.805. The Balaban J connectivity index is 1.62. The monoisotopic (exact) mass is 366 g/mol. The maximum absolute atomic E-state index is 12.2. The SMILES string of the molecule is CO[C@H]1CC(=O)O[C@@H]1[C@@H]1CC(=O)C=CC12Oc1cccc3cccc(c13)O2. The largest absolute Gasteiger partial charge is 0.459 e. The van der Waals surface area contributed by atoms with Crippen LogP contribution in [0, 0.1) is 5.92 Å². The van der Waals surface area contributed by atoms with E-state index < -0.39 is 23.9 Å². The summed E-state index contributed by atoms with van der Waals surface area (Å²) >= 11 is 0. The molecule has 0 N–H and O–H groups in total. The molecule has 6 nitrogen and oxygen atoms in total. The number of ketones is 1. The molecule has 1 aliphatic carbocycles. The van der Waals surface area contributed by atoms with Crippen LogP contribution in [0.15, 0.2) is 48.6 Å². The van der Waals surface area contributed by atoms with Crippen LogP contribution in [0.2, 0.25) is 0 Å². The van der Waals surface area contributed by atoms with Crippen molar-refractivity contribution < 1.29 is 28.5 Å². The highest BCUT2D eigenvalue weighted by Crippen LogP contribution is 2.48. The first-order valence-electron chi connectivity index (χ1n) is 8.94. The number of cyclic esters (lactones) is 1. The van der Waals surface area contributed by atoms with Gasteiger partial charge in [0.05, 0.1) is 17.7 Å². The summed E-state index contributed by atoms with van der Waals surface area (Å²) in [6, 6.07) is 11.6. The van der Waals surface area contributed by atoms with Crippen LogP contribution in [0.25, 0.3) is 10.8 Å². The molecule has 0 unspecified atom stereocenters.